The molecule has 0 bridgehead atoms. The van der Waals surface area contributed by atoms with Gasteiger partial charge in [-0.05, 0) is 19.3 Å². The van der Waals surface area contributed by atoms with Crippen LogP contribution in [0.2, 0.25) is 0 Å². The van der Waals surface area contributed by atoms with E-state index in [9.17, 15) is 0 Å². The Morgan fingerprint density at radius 1 is 1.40 bits per heavy atom. The van der Waals surface area contributed by atoms with Gasteiger partial charge in [-0.2, -0.15) is 0 Å². The van der Waals surface area contributed by atoms with Gasteiger partial charge in [0.05, 0.1) is 0 Å². The highest BCUT2D eigenvalue weighted by Gasteiger charge is 1.96. The molecule has 1 atom stereocenters. The maximum Gasteiger partial charge on any atom is -0.0325 e. The lowest BCUT2D eigenvalue weighted by atomic mass is 10.0. The lowest BCUT2D eigenvalue weighted by Gasteiger charge is -2.05. The Kier molecular flexibility index (Phi) is 6.68. The fraction of sp³-hybridized carbons (Fsp3) is 0.800. The molecule has 0 amide bonds. The molecule has 0 saturated heterocycles. The molecular weight excluding hydrogens is 120 g/mol. The molecule has 0 aliphatic rings. The zero-order valence-electron chi connectivity index (χ0n) is 7.56. The monoisotopic (exact) mass is 140 g/mol. The fourth-order valence-corrected chi connectivity index (χ4v) is 1.04. The second-order valence-electron chi connectivity index (χ2n) is 3.05. The van der Waals surface area contributed by atoms with Crippen LogP contribution in [0, 0.1) is 5.92 Å². The van der Waals surface area contributed by atoms with Crippen LogP contribution in [0.15, 0.2) is 12.2 Å². The Morgan fingerprint density at radius 2 is 2.10 bits per heavy atom. The summed E-state index contributed by atoms with van der Waals surface area (Å²) in [5.41, 5.74) is 0. The van der Waals surface area contributed by atoms with Crippen molar-refractivity contribution in [2.24, 2.45) is 5.92 Å². The zero-order chi connectivity index (χ0) is 7.82. The van der Waals surface area contributed by atoms with Gasteiger partial charge in [0.2, 0.25) is 0 Å². The molecule has 0 aromatic heterocycles. The van der Waals surface area contributed by atoms with E-state index < -0.39 is 0 Å². The first-order chi connectivity index (χ1) is 4.81. The molecule has 0 radical (unpaired) electrons. The minimum atomic E-state index is 0.885. The summed E-state index contributed by atoms with van der Waals surface area (Å²) in [6, 6.07) is 0. The van der Waals surface area contributed by atoms with Crippen LogP contribution in [-0.2, 0) is 0 Å². The van der Waals surface area contributed by atoms with E-state index in [0.717, 1.165) is 5.92 Å². The van der Waals surface area contributed by atoms with Crippen LogP contribution in [0.3, 0.4) is 0 Å². The largest absolute Gasteiger partial charge is 0.0917 e. The van der Waals surface area contributed by atoms with Gasteiger partial charge in [0, 0.05) is 0 Å². The SMILES string of the molecule is C/C=C/CC(C)CCCC. The molecule has 0 spiro atoms. The molecule has 0 aromatic rings. The third kappa shape index (κ3) is 5.87. The second-order valence-corrected chi connectivity index (χ2v) is 3.05. The summed E-state index contributed by atoms with van der Waals surface area (Å²) in [5.74, 6) is 0.885. The molecule has 0 saturated carbocycles. The summed E-state index contributed by atoms with van der Waals surface area (Å²) in [6.07, 6.45) is 9.78. The molecule has 0 N–H and O–H groups in total. The third-order valence-corrected chi connectivity index (χ3v) is 1.82. The Labute approximate surface area is 65.3 Å². The highest BCUT2D eigenvalue weighted by atomic mass is 14.0. The van der Waals surface area contributed by atoms with Crippen molar-refractivity contribution < 1.29 is 0 Å². The Balaban J connectivity index is 3.16. The van der Waals surface area contributed by atoms with Crippen molar-refractivity contribution in [3.63, 3.8) is 0 Å². The molecule has 10 heavy (non-hydrogen) atoms. The predicted octanol–water partition coefficient (Wildman–Crippen LogP) is 3.78. The summed E-state index contributed by atoms with van der Waals surface area (Å²) in [5, 5.41) is 0. The van der Waals surface area contributed by atoms with Crippen molar-refractivity contribution in [1.82, 2.24) is 0 Å². The Hall–Kier alpha value is -0.260. The number of allylic oxidation sites excluding steroid dienone is 2. The van der Waals surface area contributed by atoms with E-state index in [4.69, 9.17) is 0 Å². The summed E-state index contributed by atoms with van der Waals surface area (Å²) in [7, 11) is 0. The predicted molar refractivity (Wildman–Crippen MR) is 48.1 cm³/mol. The van der Waals surface area contributed by atoms with Crippen LogP contribution in [-0.4, -0.2) is 0 Å². The highest BCUT2D eigenvalue weighted by Crippen LogP contribution is 2.11. The first-order valence-corrected chi connectivity index (χ1v) is 4.42. The molecule has 0 fully saturated rings. The van der Waals surface area contributed by atoms with E-state index in [1.54, 1.807) is 0 Å². The van der Waals surface area contributed by atoms with Crippen molar-refractivity contribution in [2.75, 3.05) is 0 Å². The summed E-state index contributed by atoms with van der Waals surface area (Å²) < 4.78 is 0. The maximum atomic E-state index is 2.33. The quantitative estimate of drug-likeness (QED) is 0.510. The van der Waals surface area contributed by atoms with Crippen LogP contribution < -0.4 is 0 Å². The highest BCUT2D eigenvalue weighted by molar-refractivity contribution is 4.78. The molecule has 60 valence electrons. The summed E-state index contributed by atoms with van der Waals surface area (Å²) >= 11 is 0. The van der Waals surface area contributed by atoms with Crippen LogP contribution in [0.25, 0.3) is 0 Å². The zero-order valence-corrected chi connectivity index (χ0v) is 7.56. The molecule has 1 unspecified atom stereocenters. The molecule has 0 aromatic carbocycles. The van der Waals surface area contributed by atoms with E-state index in [-0.39, 0.29) is 0 Å². The third-order valence-electron chi connectivity index (χ3n) is 1.82. The lowest BCUT2D eigenvalue weighted by molar-refractivity contribution is 0.512. The van der Waals surface area contributed by atoms with Crippen molar-refractivity contribution in [3.8, 4) is 0 Å². The van der Waals surface area contributed by atoms with Gasteiger partial charge in [0.25, 0.3) is 0 Å². The first kappa shape index (κ1) is 9.74. The van der Waals surface area contributed by atoms with Crippen LogP contribution in [0.4, 0.5) is 0 Å². The van der Waals surface area contributed by atoms with Gasteiger partial charge < -0.3 is 0 Å². The van der Waals surface area contributed by atoms with Crippen LogP contribution >= 0.6 is 0 Å². The van der Waals surface area contributed by atoms with Crippen LogP contribution in [0.1, 0.15) is 46.5 Å². The molecular formula is C10H20. The number of rotatable bonds is 5. The van der Waals surface area contributed by atoms with Gasteiger partial charge in [-0.25, -0.2) is 0 Å². The molecule has 0 rings (SSSR count). The van der Waals surface area contributed by atoms with Crippen LogP contribution in [0.5, 0.6) is 0 Å². The molecule has 0 heterocycles. The second kappa shape index (κ2) is 6.85. The van der Waals surface area contributed by atoms with Crippen molar-refractivity contribution >= 4 is 0 Å². The molecule has 0 heteroatoms. The van der Waals surface area contributed by atoms with Crippen molar-refractivity contribution in [2.45, 2.75) is 46.5 Å². The lowest BCUT2D eigenvalue weighted by Crippen LogP contribution is -1.91. The molecule has 0 aliphatic heterocycles. The average molecular weight is 140 g/mol. The average Bonchev–Trinajstić information content (AvgIpc) is 1.97. The van der Waals surface area contributed by atoms with E-state index in [1.165, 1.54) is 25.7 Å². The minimum Gasteiger partial charge on any atom is -0.0917 e. The van der Waals surface area contributed by atoms with Crippen molar-refractivity contribution in [1.29, 1.82) is 0 Å². The van der Waals surface area contributed by atoms with Gasteiger partial charge in [-0.3, -0.25) is 0 Å². The normalized spacial score (nSPS) is 14.3. The van der Waals surface area contributed by atoms with Gasteiger partial charge in [-0.15, -0.1) is 0 Å². The van der Waals surface area contributed by atoms with E-state index in [0.29, 0.717) is 0 Å². The number of unbranched alkanes of at least 4 members (excludes halogenated alkanes) is 1. The minimum absolute atomic E-state index is 0.885. The Morgan fingerprint density at radius 3 is 2.60 bits per heavy atom. The van der Waals surface area contributed by atoms with Gasteiger partial charge in [-0.1, -0.05) is 45.3 Å². The van der Waals surface area contributed by atoms with E-state index in [1.807, 2.05) is 0 Å². The smallest absolute Gasteiger partial charge is 0.0325 e. The van der Waals surface area contributed by atoms with Crippen molar-refractivity contribution in [3.05, 3.63) is 12.2 Å². The standard InChI is InChI=1S/C10H20/c1-4-6-8-10(3)9-7-5-2/h4,6,10H,5,7-9H2,1-3H3/b6-4+. The first-order valence-electron chi connectivity index (χ1n) is 4.42. The molecule has 0 nitrogen and oxygen atoms in total. The maximum absolute atomic E-state index is 2.33. The van der Waals surface area contributed by atoms with E-state index >= 15 is 0 Å². The van der Waals surface area contributed by atoms with Gasteiger partial charge in [0.1, 0.15) is 0 Å². The topological polar surface area (TPSA) is 0 Å². The fourth-order valence-electron chi connectivity index (χ4n) is 1.04. The van der Waals surface area contributed by atoms with Gasteiger partial charge in [0.15, 0.2) is 0 Å². The van der Waals surface area contributed by atoms with E-state index in [2.05, 4.69) is 32.9 Å². The Bertz CT molecular complexity index is 82.0. The van der Waals surface area contributed by atoms with Gasteiger partial charge >= 0.3 is 0 Å². The summed E-state index contributed by atoms with van der Waals surface area (Å²) in [4.78, 5) is 0. The number of hydrogen-bond donors (Lipinski definition) is 0. The summed E-state index contributed by atoms with van der Waals surface area (Å²) in [6.45, 7) is 6.67. The number of hydrogen-bond acceptors (Lipinski definition) is 0. The molecule has 0 aliphatic carbocycles.